The lowest BCUT2D eigenvalue weighted by Crippen LogP contribution is -2.66. The maximum Gasteiger partial charge on any atom is 0.322 e. The van der Waals surface area contributed by atoms with Crippen molar-refractivity contribution in [3.63, 3.8) is 0 Å². The molecule has 2 amide bonds. The zero-order valence-corrected chi connectivity index (χ0v) is 15.6. The number of hydrogen-bond acceptors (Lipinski definition) is 3. The molecule has 1 aromatic carbocycles. The number of fused-ring (bicyclic) bond motifs is 2. The third kappa shape index (κ3) is 3.41. The van der Waals surface area contributed by atoms with Crippen LogP contribution in [-0.4, -0.2) is 41.7 Å². The largest absolute Gasteiger partial charge is 0.384 e. The Morgan fingerprint density at radius 2 is 2.19 bits per heavy atom. The van der Waals surface area contributed by atoms with Gasteiger partial charge in [-0.15, -0.1) is 0 Å². The van der Waals surface area contributed by atoms with E-state index in [4.69, 9.17) is 4.74 Å². The number of aryl methyl sites for hydroxylation is 1. The van der Waals surface area contributed by atoms with E-state index in [1.807, 2.05) is 30.0 Å². The second-order valence-corrected chi connectivity index (χ2v) is 7.51. The molecule has 3 fully saturated rings. The van der Waals surface area contributed by atoms with E-state index in [-0.39, 0.29) is 17.9 Å². The zero-order valence-electron chi connectivity index (χ0n) is 15.6. The highest BCUT2D eigenvalue weighted by atomic mass is 19.1. The first-order valence-corrected chi connectivity index (χ1v) is 9.36. The van der Waals surface area contributed by atoms with Gasteiger partial charge in [0.05, 0.1) is 12.8 Å². The Morgan fingerprint density at radius 1 is 1.33 bits per heavy atom. The highest BCUT2D eigenvalue weighted by Gasteiger charge is 2.49. The Kier molecular flexibility index (Phi) is 4.83. The van der Waals surface area contributed by atoms with Gasteiger partial charge >= 0.3 is 6.03 Å². The second-order valence-electron chi connectivity index (χ2n) is 7.51. The van der Waals surface area contributed by atoms with Gasteiger partial charge < -0.3 is 15.0 Å². The van der Waals surface area contributed by atoms with E-state index in [9.17, 15) is 9.18 Å². The normalized spacial score (nSPS) is 23.7. The smallest absolute Gasteiger partial charge is 0.322 e. The molecular weight excluding hydrogens is 345 g/mol. The minimum atomic E-state index is -0.376. The first-order valence-electron chi connectivity index (χ1n) is 9.36. The molecule has 1 N–H and O–H groups in total. The highest BCUT2D eigenvalue weighted by Crippen LogP contribution is 2.42. The Hall–Kier alpha value is -2.47. The molecule has 1 saturated carbocycles. The fourth-order valence-electron chi connectivity index (χ4n) is 4.40. The second kappa shape index (κ2) is 7.27. The predicted octanol–water partition coefficient (Wildman–Crippen LogP) is 4.23. The number of nitrogens with one attached hydrogen (secondary N) is 1. The van der Waals surface area contributed by atoms with Crippen molar-refractivity contribution in [2.24, 2.45) is 5.92 Å². The van der Waals surface area contributed by atoms with Crippen LogP contribution in [0.15, 0.2) is 36.7 Å². The molecule has 142 valence electrons. The summed E-state index contributed by atoms with van der Waals surface area (Å²) in [5, 5.41) is 3.02. The number of ether oxygens (including phenoxy) is 1. The Bertz CT molecular complexity index is 853. The van der Waals surface area contributed by atoms with Crippen LogP contribution in [0.1, 0.15) is 24.8 Å². The highest BCUT2D eigenvalue weighted by molar-refractivity contribution is 5.91. The molecule has 2 bridgehead atoms. The number of hydrogen-bond donors (Lipinski definition) is 1. The minimum absolute atomic E-state index is 0.0655. The van der Waals surface area contributed by atoms with E-state index in [1.54, 1.807) is 13.3 Å². The Balaban J connectivity index is 1.52. The van der Waals surface area contributed by atoms with Crippen LogP contribution in [-0.2, 0) is 4.74 Å². The fourth-order valence-corrected chi connectivity index (χ4v) is 4.40. The maximum absolute atomic E-state index is 13.5. The van der Waals surface area contributed by atoms with Crippen molar-refractivity contribution < 1.29 is 13.9 Å². The summed E-state index contributed by atoms with van der Waals surface area (Å²) in [6, 6.07) is 7.68. The van der Waals surface area contributed by atoms with Gasteiger partial charge in [0.1, 0.15) is 5.82 Å². The third-order valence-electron chi connectivity index (χ3n) is 5.80. The van der Waals surface area contributed by atoms with E-state index in [2.05, 4.69) is 10.3 Å². The lowest BCUT2D eigenvalue weighted by Gasteiger charge is -2.56. The van der Waals surface area contributed by atoms with Crippen molar-refractivity contribution in [1.82, 2.24) is 9.88 Å². The van der Waals surface area contributed by atoms with Crippen molar-refractivity contribution in [1.29, 1.82) is 0 Å². The molecule has 5 nitrogen and oxygen atoms in total. The number of urea groups is 1. The summed E-state index contributed by atoms with van der Waals surface area (Å²) in [5.41, 5.74) is 3.27. The molecule has 2 aromatic rings. The molecule has 3 aliphatic rings. The number of carbonyl (C=O) groups excluding carboxylic acids is 1. The number of nitrogens with zero attached hydrogens (tertiary/aromatic N) is 2. The summed E-state index contributed by atoms with van der Waals surface area (Å²) in [7, 11) is 1.71. The van der Waals surface area contributed by atoms with Crippen LogP contribution in [0, 0.1) is 18.7 Å². The summed E-state index contributed by atoms with van der Waals surface area (Å²) >= 11 is 0. The molecular formula is C21H24FN3O2. The van der Waals surface area contributed by atoms with Crippen molar-refractivity contribution in [3.8, 4) is 11.1 Å². The summed E-state index contributed by atoms with van der Waals surface area (Å²) in [4.78, 5) is 18.7. The van der Waals surface area contributed by atoms with Crippen molar-refractivity contribution in [2.75, 3.05) is 19.0 Å². The van der Waals surface area contributed by atoms with Gasteiger partial charge in [-0.1, -0.05) is 6.07 Å². The monoisotopic (exact) mass is 369 g/mol. The Labute approximate surface area is 158 Å². The quantitative estimate of drug-likeness (QED) is 0.878. The molecule has 1 aromatic heterocycles. The number of pyridine rings is 1. The molecule has 1 aliphatic carbocycles. The van der Waals surface area contributed by atoms with Gasteiger partial charge in [-0.3, -0.25) is 4.98 Å². The van der Waals surface area contributed by atoms with Gasteiger partial charge in [0.2, 0.25) is 0 Å². The van der Waals surface area contributed by atoms with E-state index in [1.165, 1.54) is 12.3 Å². The fraction of sp³-hybridized carbons (Fsp3) is 0.429. The van der Waals surface area contributed by atoms with Crippen LogP contribution in [0.4, 0.5) is 14.9 Å². The summed E-state index contributed by atoms with van der Waals surface area (Å²) in [6.45, 7) is 2.66. The van der Waals surface area contributed by atoms with Gasteiger partial charge in [-0.25, -0.2) is 9.18 Å². The molecule has 0 spiro atoms. The van der Waals surface area contributed by atoms with Gasteiger partial charge in [-0.2, -0.15) is 0 Å². The van der Waals surface area contributed by atoms with Gasteiger partial charge in [0, 0.05) is 42.6 Å². The van der Waals surface area contributed by atoms with Crippen LogP contribution >= 0.6 is 0 Å². The molecule has 5 rings (SSSR count). The van der Waals surface area contributed by atoms with Crippen LogP contribution < -0.4 is 5.32 Å². The van der Waals surface area contributed by atoms with Gasteiger partial charge in [-0.05, 0) is 55.5 Å². The van der Waals surface area contributed by atoms with Crippen molar-refractivity contribution in [2.45, 2.75) is 38.3 Å². The molecule has 0 unspecified atom stereocenters. The van der Waals surface area contributed by atoms with Crippen molar-refractivity contribution >= 4 is 11.7 Å². The average molecular weight is 369 g/mol. The van der Waals surface area contributed by atoms with Crippen LogP contribution in [0.2, 0.25) is 0 Å². The molecule has 6 heteroatoms. The number of piperidine rings is 1. The average Bonchev–Trinajstić information content (AvgIpc) is 2.63. The first kappa shape index (κ1) is 17.9. The van der Waals surface area contributed by atoms with E-state index in [0.717, 1.165) is 30.4 Å². The SMILES string of the molecule is COC[C@@H]1CC[C@H]2C[C@@H]1N2C(=O)Nc1ccc(C)c(-c2cncc(F)c2)c1. The van der Waals surface area contributed by atoms with Gasteiger partial charge in [0.15, 0.2) is 0 Å². The molecule has 27 heavy (non-hydrogen) atoms. The van der Waals surface area contributed by atoms with E-state index >= 15 is 0 Å². The topological polar surface area (TPSA) is 54.5 Å². The summed E-state index contributed by atoms with van der Waals surface area (Å²) in [6.07, 6.45) is 6.03. The standard InChI is InChI=1S/C21H24FN3O2/c1-13-3-5-17(8-19(13)15-7-16(22)11-23-10-15)24-21(26)25-18-6-4-14(12-27-2)20(25)9-18/h3,5,7-8,10-11,14,18,20H,4,6,9,12H2,1-2H3,(H,24,26)/t14-,18-,20-/m0/s1. The zero-order chi connectivity index (χ0) is 19.0. The molecule has 2 saturated heterocycles. The lowest BCUT2D eigenvalue weighted by atomic mass is 9.73. The molecule has 3 atom stereocenters. The van der Waals surface area contributed by atoms with Crippen LogP contribution in [0.3, 0.4) is 0 Å². The first-order chi connectivity index (χ1) is 13.1. The number of anilines is 1. The molecule has 2 aliphatic heterocycles. The predicted molar refractivity (Wildman–Crippen MR) is 102 cm³/mol. The number of carbonyl (C=O) groups is 1. The number of methoxy groups -OCH3 is 1. The molecule has 0 radical (unpaired) electrons. The Morgan fingerprint density at radius 3 is 2.93 bits per heavy atom. The lowest BCUT2D eigenvalue weighted by molar-refractivity contribution is -0.0475. The van der Waals surface area contributed by atoms with Crippen LogP contribution in [0.5, 0.6) is 0 Å². The summed E-state index contributed by atoms with van der Waals surface area (Å²) in [5.74, 6) is 0.0385. The number of aromatic nitrogens is 1. The van der Waals surface area contributed by atoms with Crippen LogP contribution in [0.25, 0.3) is 11.1 Å². The number of rotatable bonds is 4. The van der Waals surface area contributed by atoms with E-state index in [0.29, 0.717) is 29.8 Å². The summed E-state index contributed by atoms with van der Waals surface area (Å²) < 4.78 is 18.9. The maximum atomic E-state index is 13.5. The minimum Gasteiger partial charge on any atom is -0.384 e. The number of benzene rings is 1. The van der Waals surface area contributed by atoms with Crippen molar-refractivity contribution in [3.05, 3.63) is 48.0 Å². The van der Waals surface area contributed by atoms with Gasteiger partial charge in [0.25, 0.3) is 0 Å². The third-order valence-corrected chi connectivity index (χ3v) is 5.80. The number of amides is 2. The number of halogens is 1. The molecule has 3 heterocycles. The van der Waals surface area contributed by atoms with E-state index < -0.39 is 0 Å².